The van der Waals surface area contributed by atoms with Crippen LogP contribution in [0.1, 0.15) is 50.1 Å². The Kier molecular flexibility index (Phi) is 6.56. The summed E-state index contributed by atoms with van der Waals surface area (Å²) in [5.74, 6) is -1.51. The molecule has 3 amide bonds. The number of nitrogens with one attached hydrogen (secondary N) is 2. The molecular weight excluding hydrogens is 378 g/mol. The maximum Gasteiger partial charge on any atom is 0.311 e. The second-order valence-electron chi connectivity index (χ2n) is 7.87. The first-order valence-electron chi connectivity index (χ1n) is 9.95. The van der Waals surface area contributed by atoms with Crippen LogP contribution < -0.4 is 10.9 Å². The van der Waals surface area contributed by atoms with Gasteiger partial charge in [0.25, 0.3) is 5.91 Å². The lowest BCUT2D eigenvalue weighted by molar-refractivity contribution is -0.152. The van der Waals surface area contributed by atoms with Gasteiger partial charge in [-0.05, 0) is 30.4 Å². The van der Waals surface area contributed by atoms with Gasteiger partial charge >= 0.3 is 11.9 Å². The van der Waals surface area contributed by atoms with Gasteiger partial charge in [-0.2, -0.15) is 0 Å². The summed E-state index contributed by atoms with van der Waals surface area (Å²) in [5, 5.41) is 0. The fourth-order valence-electron chi connectivity index (χ4n) is 4.09. The van der Waals surface area contributed by atoms with Crippen LogP contribution in [0.4, 0.5) is 0 Å². The summed E-state index contributed by atoms with van der Waals surface area (Å²) < 4.78 is 9.93. The lowest BCUT2D eigenvalue weighted by Gasteiger charge is -2.39. The lowest BCUT2D eigenvalue weighted by Crippen LogP contribution is -2.45. The molecule has 158 valence electrons. The van der Waals surface area contributed by atoms with E-state index in [9.17, 15) is 19.2 Å². The standard InChI is InChI=1S/C20H27N3O6/c1-12-5-3-6-15(13(12)2)23-10-14(9-18(23)25)20(27)29-11-17(24)21-22-19(26)16-7-4-8-28-16/h4,7-8,12-15H,3,5-6,9-11H2,1-2H3,(H,21,24)(H,22,26)/t12-,13-,14-,15+/m1/s1. The highest BCUT2D eigenvalue weighted by atomic mass is 16.5. The summed E-state index contributed by atoms with van der Waals surface area (Å²) in [6.45, 7) is 4.15. The molecule has 0 bridgehead atoms. The molecule has 2 aliphatic rings. The molecule has 1 aromatic rings. The van der Waals surface area contributed by atoms with E-state index in [0.29, 0.717) is 18.4 Å². The third-order valence-corrected chi connectivity index (χ3v) is 5.96. The van der Waals surface area contributed by atoms with Gasteiger partial charge in [0.15, 0.2) is 12.4 Å². The molecule has 1 aromatic heterocycles. The third kappa shape index (κ3) is 4.96. The lowest BCUT2D eigenvalue weighted by atomic mass is 9.77. The van der Waals surface area contributed by atoms with E-state index in [0.717, 1.165) is 19.3 Å². The Morgan fingerprint density at radius 1 is 1.24 bits per heavy atom. The van der Waals surface area contributed by atoms with Crippen LogP contribution in [0.2, 0.25) is 0 Å². The minimum atomic E-state index is -0.686. The van der Waals surface area contributed by atoms with E-state index in [1.54, 1.807) is 6.07 Å². The molecule has 1 aliphatic carbocycles. The van der Waals surface area contributed by atoms with Gasteiger partial charge in [-0.3, -0.25) is 30.0 Å². The van der Waals surface area contributed by atoms with E-state index in [1.165, 1.54) is 12.3 Å². The number of likely N-dealkylation sites (tertiary alicyclic amines) is 1. The number of ether oxygens (including phenoxy) is 1. The first kappa shape index (κ1) is 20.9. The smallest absolute Gasteiger partial charge is 0.311 e. The SMILES string of the molecule is C[C@@H]1[C@H](C)CCC[C@@H]1N1C[C@H](C(=O)OCC(=O)NNC(=O)c2ccco2)CC1=O. The van der Waals surface area contributed by atoms with Crippen molar-refractivity contribution < 1.29 is 28.3 Å². The number of hydrogen-bond acceptors (Lipinski definition) is 6. The zero-order valence-corrected chi connectivity index (χ0v) is 16.7. The molecule has 2 N–H and O–H groups in total. The fourth-order valence-corrected chi connectivity index (χ4v) is 4.09. The van der Waals surface area contributed by atoms with Gasteiger partial charge in [0.1, 0.15) is 0 Å². The summed E-state index contributed by atoms with van der Waals surface area (Å²) >= 11 is 0. The van der Waals surface area contributed by atoms with Crippen molar-refractivity contribution in [3.63, 3.8) is 0 Å². The number of amides is 3. The van der Waals surface area contributed by atoms with Crippen molar-refractivity contribution in [1.29, 1.82) is 0 Å². The Morgan fingerprint density at radius 2 is 2.03 bits per heavy atom. The minimum Gasteiger partial charge on any atom is -0.459 e. The molecule has 1 saturated heterocycles. The fraction of sp³-hybridized carbons (Fsp3) is 0.600. The highest BCUT2D eigenvalue weighted by Crippen LogP contribution is 2.35. The van der Waals surface area contributed by atoms with Gasteiger partial charge in [-0.1, -0.05) is 26.7 Å². The van der Waals surface area contributed by atoms with Crippen LogP contribution in [0.5, 0.6) is 0 Å². The van der Waals surface area contributed by atoms with E-state index in [1.807, 2.05) is 4.90 Å². The number of esters is 1. The second-order valence-corrected chi connectivity index (χ2v) is 7.87. The first-order chi connectivity index (χ1) is 13.9. The first-order valence-corrected chi connectivity index (χ1v) is 9.95. The third-order valence-electron chi connectivity index (χ3n) is 5.96. The van der Waals surface area contributed by atoms with Crippen LogP contribution in [0.25, 0.3) is 0 Å². The van der Waals surface area contributed by atoms with Crippen molar-refractivity contribution in [3.05, 3.63) is 24.2 Å². The number of rotatable bonds is 5. The molecule has 0 spiro atoms. The molecule has 1 saturated carbocycles. The molecule has 3 rings (SSSR count). The maximum atomic E-state index is 12.5. The Morgan fingerprint density at radius 3 is 2.76 bits per heavy atom. The van der Waals surface area contributed by atoms with E-state index in [2.05, 4.69) is 24.7 Å². The second kappa shape index (κ2) is 9.11. The summed E-state index contributed by atoms with van der Waals surface area (Å²) in [7, 11) is 0. The monoisotopic (exact) mass is 405 g/mol. The van der Waals surface area contributed by atoms with Crippen LogP contribution >= 0.6 is 0 Å². The van der Waals surface area contributed by atoms with Crippen LogP contribution in [-0.4, -0.2) is 47.8 Å². The summed E-state index contributed by atoms with van der Waals surface area (Å²) in [5.41, 5.74) is 4.30. The van der Waals surface area contributed by atoms with E-state index in [-0.39, 0.29) is 24.1 Å². The van der Waals surface area contributed by atoms with Gasteiger partial charge in [0.05, 0.1) is 12.2 Å². The number of hydrogen-bond donors (Lipinski definition) is 2. The van der Waals surface area contributed by atoms with Crippen molar-refractivity contribution in [3.8, 4) is 0 Å². The molecule has 9 heteroatoms. The molecular formula is C20H27N3O6. The number of furan rings is 1. The van der Waals surface area contributed by atoms with E-state index < -0.39 is 30.3 Å². The van der Waals surface area contributed by atoms with Gasteiger partial charge < -0.3 is 14.1 Å². The normalized spacial score (nSPS) is 26.8. The van der Waals surface area contributed by atoms with Crippen LogP contribution in [0.3, 0.4) is 0 Å². The van der Waals surface area contributed by atoms with E-state index in [4.69, 9.17) is 9.15 Å². The molecule has 9 nitrogen and oxygen atoms in total. The topological polar surface area (TPSA) is 118 Å². The number of carbonyl (C=O) groups is 4. The predicted molar refractivity (Wildman–Crippen MR) is 101 cm³/mol. The highest BCUT2D eigenvalue weighted by molar-refractivity contribution is 5.93. The van der Waals surface area contributed by atoms with E-state index >= 15 is 0 Å². The highest BCUT2D eigenvalue weighted by Gasteiger charge is 2.42. The Hall–Kier alpha value is -2.84. The summed E-state index contributed by atoms with van der Waals surface area (Å²) in [6.07, 6.45) is 4.64. The average Bonchev–Trinajstić information content (AvgIpc) is 3.36. The zero-order valence-electron chi connectivity index (χ0n) is 16.7. The van der Waals surface area contributed by atoms with Crippen molar-refractivity contribution in [1.82, 2.24) is 15.8 Å². The Labute approximate surface area is 169 Å². The number of hydrazine groups is 1. The molecule has 2 heterocycles. The van der Waals surface area contributed by atoms with Crippen molar-refractivity contribution in [2.24, 2.45) is 17.8 Å². The number of carbonyl (C=O) groups excluding carboxylic acids is 4. The van der Waals surface area contributed by atoms with Gasteiger partial charge in [0, 0.05) is 19.0 Å². The molecule has 0 unspecified atom stereocenters. The largest absolute Gasteiger partial charge is 0.459 e. The Balaban J connectivity index is 1.43. The molecule has 1 aliphatic heterocycles. The summed E-state index contributed by atoms with van der Waals surface area (Å²) in [4.78, 5) is 50.0. The van der Waals surface area contributed by atoms with Crippen molar-refractivity contribution in [2.45, 2.75) is 45.6 Å². The molecule has 4 atom stereocenters. The van der Waals surface area contributed by atoms with Gasteiger partial charge in [-0.25, -0.2) is 0 Å². The van der Waals surface area contributed by atoms with Crippen LogP contribution in [0, 0.1) is 17.8 Å². The number of nitrogens with zero attached hydrogens (tertiary/aromatic N) is 1. The molecule has 0 radical (unpaired) electrons. The van der Waals surface area contributed by atoms with Gasteiger partial charge in [0.2, 0.25) is 5.91 Å². The quantitative estimate of drug-likeness (QED) is 0.562. The molecule has 29 heavy (non-hydrogen) atoms. The molecule has 0 aromatic carbocycles. The van der Waals surface area contributed by atoms with Gasteiger partial charge in [-0.15, -0.1) is 0 Å². The van der Waals surface area contributed by atoms with Crippen LogP contribution in [0.15, 0.2) is 22.8 Å². The van der Waals surface area contributed by atoms with Crippen molar-refractivity contribution >= 4 is 23.7 Å². The Bertz CT molecular complexity index is 762. The summed E-state index contributed by atoms with van der Waals surface area (Å²) in [6, 6.07) is 3.14. The predicted octanol–water partition coefficient (Wildman–Crippen LogP) is 1.26. The molecule has 2 fully saturated rings. The van der Waals surface area contributed by atoms with Crippen molar-refractivity contribution in [2.75, 3.05) is 13.2 Å². The van der Waals surface area contributed by atoms with Crippen LogP contribution in [-0.2, 0) is 19.1 Å². The zero-order chi connectivity index (χ0) is 21.0. The minimum absolute atomic E-state index is 0.0342. The maximum absolute atomic E-state index is 12.5. The average molecular weight is 405 g/mol.